The lowest BCUT2D eigenvalue weighted by Gasteiger charge is -2.10. The summed E-state index contributed by atoms with van der Waals surface area (Å²) in [4.78, 5) is 18.2. The minimum Gasteiger partial charge on any atom is -0.346 e. The van der Waals surface area contributed by atoms with Crippen LogP contribution < -0.4 is 5.32 Å². The van der Waals surface area contributed by atoms with E-state index in [-0.39, 0.29) is 5.91 Å². The molecular weight excluding hydrogens is 376 g/mol. The van der Waals surface area contributed by atoms with E-state index in [4.69, 9.17) is 10.1 Å². The Morgan fingerprint density at radius 3 is 2.73 bits per heavy atom. The van der Waals surface area contributed by atoms with Crippen LogP contribution in [-0.4, -0.2) is 30.5 Å². The lowest BCUT2D eigenvalue weighted by Crippen LogP contribution is -2.25. The van der Waals surface area contributed by atoms with E-state index in [0.717, 1.165) is 53.2 Å². The van der Waals surface area contributed by atoms with Crippen LogP contribution in [0.4, 0.5) is 0 Å². The number of fused-ring (bicyclic) bond motifs is 1. The molecule has 152 valence electrons. The Kier molecular flexibility index (Phi) is 4.58. The van der Waals surface area contributed by atoms with Crippen molar-refractivity contribution < 1.29 is 4.79 Å². The largest absolute Gasteiger partial charge is 0.346 e. The molecule has 1 aliphatic rings. The second-order valence-electron chi connectivity index (χ2n) is 7.72. The summed E-state index contributed by atoms with van der Waals surface area (Å²) in [5.41, 5.74) is 5.08. The molecular formula is C23H24N6O. The molecule has 1 fully saturated rings. The van der Waals surface area contributed by atoms with E-state index in [2.05, 4.69) is 10.4 Å². The van der Waals surface area contributed by atoms with Gasteiger partial charge in [-0.05, 0) is 51.0 Å². The quantitative estimate of drug-likeness (QED) is 0.535. The molecule has 3 heterocycles. The Hall–Kier alpha value is -3.48. The monoisotopic (exact) mass is 400 g/mol. The summed E-state index contributed by atoms with van der Waals surface area (Å²) >= 11 is 0. The third-order valence-electron chi connectivity index (χ3n) is 5.61. The highest BCUT2D eigenvalue weighted by Crippen LogP contribution is 2.40. The van der Waals surface area contributed by atoms with Crippen molar-refractivity contribution in [3.8, 4) is 5.69 Å². The minimum atomic E-state index is -0.108. The van der Waals surface area contributed by atoms with E-state index in [1.165, 1.54) is 0 Å². The molecule has 3 aromatic heterocycles. The van der Waals surface area contributed by atoms with Gasteiger partial charge in [0.1, 0.15) is 0 Å². The molecule has 4 aromatic rings. The molecule has 7 nitrogen and oxygen atoms in total. The first-order valence-corrected chi connectivity index (χ1v) is 10.4. The predicted molar refractivity (Wildman–Crippen MR) is 115 cm³/mol. The van der Waals surface area contributed by atoms with E-state index in [0.29, 0.717) is 18.0 Å². The number of hydrogen-bond acceptors (Lipinski definition) is 4. The van der Waals surface area contributed by atoms with Crippen molar-refractivity contribution in [2.45, 2.75) is 45.7 Å². The summed E-state index contributed by atoms with van der Waals surface area (Å²) < 4.78 is 3.73. The zero-order chi connectivity index (χ0) is 20.7. The molecule has 5 rings (SSSR count). The van der Waals surface area contributed by atoms with Gasteiger partial charge in [-0.2, -0.15) is 10.2 Å². The molecule has 0 atom stereocenters. The van der Waals surface area contributed by atoms with Gasteiger partial charge in [-0.1, -0.05) is 18.2 Å². The van der Waals surface area contributed by atoms with Crippen LogP contribution in [0.1, 0.15) is 53.1 Å². The molecule has 0 saturated heterocycles. The summed E-state index contributed by atoms with van der Waals surface area (Å²) in [6, 6.07) is 13.8. The molecule has 0 bridgehead atoms. The molecule has 1 saturated carbocycles. The maximum absolute atomic E-state index is 13.2. The van der Waals surface area contributed by atoms with Gasteiger partial charge in [0.05, 0.1) is 34.6 Å². The zero-order valence-electron chi connectivity index (χ0n) is 17.2. The van der Waals surface area contributed by atoms with E-state index >= 15 is 0 Å². The molecule has 0 unspecified atom stereocenters. The normalized spacial score (nSPS) is 13.7. The summed E-state index contributed by atoms with van der Waals surface area (Å²) in [7, 11) is 0. The molecule has 1 amide bonds. The Morgan fingerprint density at radius 2 is 2.00 bits per heavy atom. The number of hydrogen-bond donors (Lipinski definition) is 1. The molecule has 7 heteroatoms. The van der Waals surface area contributed by atoms with Gasteiger partial charge in [-0.15, -0.1) is 0 Å². The van der Waals surface area contributed by atoms with Gasteiger partial charge in [0, 0.05) is 24.4 Å². The number of nitrogens with one attached hydrogen (secondary N) is 1. The fourth-order valence-corrected chi connectivity index (χ4v) is 3.89. The number of aryl methyl sites for hydroxylation is 2. The number of carbonyl (C=O) groups excluding carboxylic acids is 1. The van der Waals surface area contributed by atoms with Crippen molar-refractivity contribution in [1.29, 1.82) is 0 Å². The predicted octanol–water partition coefficient (Wildman–Crippen LogP) is 3.75. The average Bonchev–Trinajstić information content (AvgIpc) is 3.44. The number of aromatic nitrogens is 5. The van der Waals surface area contributed by atoms with Gasteiger partial charge in [-0.25, -0.2) is 9.67 Å². The van der Waals surface area contributed by atoms with Crippen LogP contribution in [0.5, 0.6) is 0 Å². The highest BCUT2D eigenvalue weighted by atomic mass is 16.1. The number of para-hydroxylation sites is 1. The second-order valence-corrected chi connectivity index (χ2v) is 7.72. The SMILES string of the molecule is CCn1nccc1CNC(=O)c1cc(C2CC2)nc2c1c(C)nn2-c1ccccc1. The topological polar surface area (TPSA) is 77.6 Å². The Labute approximate surface area is 174 Å². The maximum Gasteiger partial charge on any atom is 0.252 e. The van der Waals surface area contributed by atoms with E-state index in [1.54, 1.807) is 6.20 Å². The smallest absolute Gasteiger partial charge is 0.252 e. The van der Waals surface area contributed by atoms with Gasteiger partial charge < -0.3 is 5.32 Å². The lowest BCUT2D eigenvalue weighted by molar-refractivity contribution is 0.0951. The Morgan fingerprint density at radius 1 is 1.20 bits per heavy atom. The number of amides is 1. The Balaban J connectivity index is 1.57. The van der Waals surface area contributed by atoms with Crippen LogP contribution in [0.2, 0.25) is 0 Å². The van der Waals surface area contributed by atoms with E-state index in [1.807, 2.05) is 65.7 Å². The molecule has 0 aliphatic heterocycles. The molecule has 1 aromatic carbocycles. The van der Waals surface area contributed by atoms with Crippen molar-refractivity contribution in [3.63, 3.8) is 0 Å². The Bertz CT molecular complexity index is 1220. The molecule has 30 heavy (non-hydrogen) atoms. The third-order valence-corrected chi connectivity index (χ3v) is 5.61. The van der Waals surface area contributed by atoms with Crippen molar-refractivity contribution in [3.05, 3.63) is 71.3 Å². The van der Waals surface area contributed by atoms with Crippen LogP contribution in [0.15, 0.2) is 48.7 Å². The number of rotatable bonds is 6. The van der Waals surface area contributed by atoms with E-state index in [9.17, 15) is 4.79 Å². The molecule has 0 spiro atoms. The van der Waals surface area contributed by atoms with Crippen molar-refractivity contribution in [2.75, 3.05) is 0 Å². The van der Waals surface area contributed by atoms with E-state index < -0.39 is 0 Å². The van der Waals surface area contributed by atoms with Gasteiger partial charge >= 0.3 is 0 Å². The van der Waals surface area contributed by atoms with Crippen LogP contribution in [0.25, 0.3) is 16.7 Å². The summed E-state index contributed by atoms with van der Waals surface area (Å²) in [6.07, 6.45) is 4.00. The fraction of sp³-hybridized carbons (Fsp3) is 0.304. The highest BCUT2D eigenvalue weighted by molar-refractivity contribution is 6.06. The summed E-state index contributed by atoms with van der Waals surface area (Å²) in [5.74, 6) is 0.325. The highest BCUT2D eigenvalue weighted by Gasteiger charge is 2.29. The number of pyridine rings is 1. The first-order valence-electron chi connectivity index (χ1n) is 10.4. The van der Waals surface area contributed by atoms with Gasteiger partial charge in [-0.3, -0.25) is 9.48 Å². The number of benzene rings is 1. The molecule has 0 radical (unpaired) electrons. The van der Waals surface area contributed by atoms with Crippen LogP contribution >= 0.6 is 0 Å². The van der Waals surface area contributed by atoms with Crippen molar-refractivity contribution >= 4 is 16.9 Å². The number of carbonyl (C=O) groups is 1. The minimum absolute atomic E-state index is 0.108. The van der Waals surface area contributed by atoms with Crippen LogP contribution in [0.3, 0.4) is 0 Å². The van der Waals surface area contributed by atoms with Gasteiger partial charge in [0.15, 0.2) is 5.65 Å². The molecule has 1 aliphatic carbocycles. The maximum atomic E-state index is 13.2. The van der Waals surface area contributed by atoms with Crippen molar-refractivity contribution in [1.82, 2.24) is 29.9 Å². The summed E-state index contributed by atoms with van der Waals surface area (Å²) in [6.45, 7) is 5.17. The third kappa shape index (κ3) is 3.26. The molecule has 1 N–H and O–H groups in total. The first kappa shape index (κ1) is 18.5. The van der Waals surface area contributed by atoms with Crippen LogP contribution in [-0.2, 0) is 13.1 Å². The number of nitrogens with zero attached hydrogens (tertiary/aromatic N) is 5. The van der Waals surface area contributed by atoms with Crippen LogP contribution in [0, 0.1) is 6.92 Å². The first-order chi connectivity index (χ1) is 14.7. The van der Waals surface area contributed by atoms with Gasteiger partial charge in [0.2, 0.25) is 0 Å². The fourth-order valence-electron chi connectivity index (χ4n) is 3.89. The second kappa shape index (κ2) is 7.40. The average molecular weight is 400 g/mol. The van der Waals surface area contributed by atoms with Gasteiger partial charge in [0.25, 0.3) is 5.91 Å². The summed E-state index contributed by atoms with van der Waals surface area (Å²) in [5, 5.41) is 12.9. The zero-order valence-corrected chi connectivity index (χ0v) is 17.2. The standard InChI is InChI=1S/C23H24N6O/c1-3-28-18(11-12-25-28)14-24-23(30)19-13-20(16-9-10-16)26-22-21(19)15(2)27-29(22)17-7-5-4-6-8-17/h4-8,11-13,16H,3,9-10,14H2,1-2H3,(H,24,30). The van der Waals surface area contributed by atoms with Crippen molar-refractivity contribution in [2.24, 2.45) is 0 Å². The lowest BCUT2D eigenvalue weighted by atomic mass is 10.1.